The maximum absolute atomic E-state index is 11.8. The minimum atomic E-state index is -0.0387. The Bertz CT molecular complexity index is 584. The van der Waals surface area contributed by atoms with E-state index in [-0.39, 0.29) is 12.5 Å². The molecule has 0 saturated carbocycles. The Hall–Kier alpha value is -2.00. The molecule has 0 fully saturated rings. The average Bonchev–Trinajstić information content (AvgIpc) is 2.45. The summed E-state index contributed by atoms with van der Waals surface area (Å²) in [6.45, 7) is 2.74. The van der Waals surface area contributed by atoms with Crippen molar-refractivity contribution in [1.82, 2.24) is 5.32 Å². The molecule has 2 N–H and O–H groups in total. The van der Waals surface area contributed by atoms with Gasteiger partial charge in [-0.15, -0.1) is 0 Å². The van der Waals surface area contributed by atoms with Crippen molar-refractivity contribution in [2.75, 3.05) is 11.9 Å². The molecule has 0 bridgehead atoms. The van der Waals surface area contributed by atoms with Crippen molar-refractivity contribution in [3.63, 3.8) is 0 Å². The van der Waals surface area contributed by atoms with Crippen molar-refractivity contribution in [2.24, 2.45) is 0 Å². The average molecular weight is 289 g/mol. The van der Waals surface area contributed by atoms with Crippen LogP contribution in [0, 0.1) is 6.92 Å². The maximum Gasteiger partial charge on any atom is 0.239 e. The first-order chi connectivity index (χ1) is 9.65. The van der Waals surface area contributed by atoms with E-state index in [1.54, 1.807) is 6.07 Å². The van der Waals surface area contributed by atoms with Crippen LogP contribution in [0.15, 0.2) is 48.5 Å². The van der Waals surface area contributed by atoms with Crippen molar-refractivity contribution in [3.05, 3.63) is 64.7 Å². The molecule has 3 nitrogen and oxygen atoms in total. The van der Waals surface area contributed by atoms with Crippen molar-refractivity contribution in [3.8, 4) is 0 Å². The maximum atomic E-state index is 11.8. The second kappa shape index (κ2) is 6.96. The zero-order chi connectivity index (χ0) is 14.4. The third-order valence-corrected chi connectivity index (χ3v) is 3.20. The molecule has 0 unspecified atom stereocenters. The van der Waals surface area contributed by atoms with Gasteiger partial charge in [0, 0.05) is 17.3 Å². The molecule has 4 heteroatoms. The predicted molar refractivity (Wildman–Crippen MR) is 83.0 cm³/mol. The van der Waals surface area contributed by atoms with Gasteiger partial charge in [-0.2, -0.15) is 0 Å². The van der Waals surface area contributed by atoms with E-state index in [9.17, 15) is 4.79 Å². The van der Waals surface area contributed by atoms with Gasteiger partial charge in [0.2, 0.25) is 5.91 Å². The normalized spacial score (nSPS) is 10.1. The number of rotatable bonds is 5. The van der Waals surface area contributed by atoms with Gasteiger partial charge in [-0.05, 0) is 36.2 Å². The minimum absolute atomic E-state index is 0.0387. The summed E-state index contributed by atoms with van der Waals surface area (Å²) in [6.07, 6.45) is 0. The number of halogens is 1. The summed E-state index contributed by atoms with van der Waals surface area (Å²) in [5, 5.41) is 6.67. The molecule has 1 amide bonds. The van der Waals surface area contributed by atoms with Gasteiger partial charge >= 0.3 is 0 Å². The van der Waals surface area contributed by atoms with Crippen LogP contribution in [0.4, 0.5) is 5.69 Å². The molecule has 0 heterocycles. The Balaban J connectivity index is 1.80. The molecule has 2 aromatic carbocycles. The van der Waals surface area contributed by atoms with Crippen molar-refractivity contribution in [1.29, 1.82) is 0 Å². The van der Waals surface area contributed by atoms with Crippen molar-refractivity contribution < 1.29 is 4.79 Å². The van der Waals surface area contributed by atoms with Gasteiger partial charge in [0.05, 0.1) is 6.54 Å². The number of anilines is 1. The van der Waals surface area contributed by atoms with Crippen LogP contribution in [-0.4, -0.2) is 12.5 Å². The molecule has 0 aliphatic heterocycles. The van der Waals surface area contributed by atoms with Gasteiger partial charge in [-0.25, -0.2) is 0 Å². The highest BCUT2D eigenvalue weighted by molar-refractivity contribution is 6.30. The zero-order valence-corrected chi connectivity index (χ0v) is 12.1. The van der Waals surface area contributed by atoms with E-state index in [1.807, 2.05) is 49.4 Å². The van der Waals surface area contributed by atoms with Crippen LogP contribution in [0.2, 0.25) is 5.02 Å². The van der Waals surface area contributed by atoms with Gasteiger partial charge in [0.15, 0.2) is 0 Å². The monoisotopic (exact) mass is 288 g/mol. The molecule has 104 valence electrons. The fourth-order valence-corrected chi connectivity index (χ4v) is 2.09. The highest BCUT2D eigenvalue weighted by atomic mass is 35.5. The summed E-state index contributed by atoms with van der Waals surface area (Å²) in [7, 11) is 0. The Morgan fingerprint density at radius 1 is 1.15 bits per heavy atom. The predicted octanol–water partition coefficient (Wildman–Crippen LogP) is 3.38. The van der Waals surface area contributed by atoms with E-state index in [4.69, 9.17) is 11.6 Å². The molecule has 0 saturated heterocycles. The van der Waals surface area contributed by atoms with E-state index in [1.165, 1.54) is 0 Å². The highest BCUT2D eigenvalue weighted by Gasteiger charge is 2.03. The smallest absolute Gasteiger partial charge is 0.239 e. The summed E-state index contributed by atoms with van der Waals surface area (Å²) in [5.74, 6) is -0.0387. The summed E-state index contributed by atoms with van der Waals surface area (Å²) in [6, 6.07) is 15.4. The lowest BCUT2D eigenvalue weighted by Gasteiger charge is -2.10. The molecule has 0 atom stereocenters. The summed E-state index contributed by atoms with van der Waals surface area (Å²) < 4.78 is 0. The second-order valence-electron chi connectivity index (χ2n) is 4.58. The molecule has 0 aromatic heterocycles. The molecular formula is C16H17ClN2O. The van der Waals surface area contributed by atoms with Crippen LogP contribution in [0.1, 0.15) is 11.1 Å². The quantitative estimate of drug-likeness (QED) is 0.885. The molecule has 0 aliphatic rings. The zero-order valence-electron chi connectivity index (χ0n) is 11.3. The lowest BCUT2D eigenvalue weighted by atomic mass is 10.2. The van der Waals surface area contributed by atoms with Gasteiger partial charge in [-0.1, -0.05) is 41.9 Å². The first-order valence-corrected chi connectivity index (χ1v) is 6.83. The van der Waals surface area contributed by atoms with Crippen LogP contribution < -0.4 is 10.6 Å². The topological polar surface area (TPSA) is 41.1 Å². The molecular weight excluding hydrogens is 272 g/mol. The van der Waals surface area contributed by atoms with Crippen molar-refractivity contribution >= 4 is 23.2 Å². The minimum Gasteiger partial charge on any atom is -0.376 e. The van der Waals surface area contributed by atoms with Crippen LogP contribution in [0.5, 0.6) is 0 Å². The third-order valence-electron chi connectivity index (χ3n) is 2.96. The number of hydrogen-bond acceptors (Lipinski definition) is 2. The number of nitrogens with one attached hydrogen (secondary N) is 2. The van der Waals surface area contributed by atoms with Crippen LogP contribution >= 0.6 is 11.6 Å². The van der Waals surface area contributed by atoms with Crippen LogP contribution in [0.25, 0.3) is 0 Å². The van der Waals surface area contributed by atoms with E-state index in [0.29, 0.717) is 11.6 Å². The molecule has 0 aliphatic carbocycles. The fourth-order valence-electron chi connectivity index (χ4n) is 1.86. The SMILES string of the molecule is Cc1cc(Cl)ccc1NCC(=O)NCc1ccccc1. The second-order valence-corrected chi connectivity index (χ2v) is 5.01. The Kier molecular flexibility index (Phi) is 5.02. The number of hydrogen-bond donors (Lipinski definition) is 2. The number of benzene rings is 2. The molecule has 0 spiro atoms. The number of carbonyl (C=O) groups excluding carboxylic acids is 1. The lowest BCUT2D eigenvalue weighted by Crippen LogP contribution is -2.29. The fraction of sp³-hybridized carbons (Fsp3) is 0.188. The molecule has 2 rings (SSSR count). The molecule has 20 heavy (non-hydrogen) atoms. The Labute approximate surface area is 124 Å². The van der Waals surface area contributed by atoms with E-state index < -0.39 is 0 Å². The standard InChI is InChI=1S/C16H17ClN2O/c1-12-9-14(17)7-8-15(12)18-11-16(20)19-10-13-5-3-2-4-6-13/h2-9,18H,10-11H2,1H3,(H,19,20). The van der Waals surface area contributed by atoms with E-state index in [2.05, 4.69) is 10.6 Å². The van der Waals surface area contributed by atoms with Gasteiger partial charge in [0.25, 0.3) is 0 Å². The Morgan fingerprint density at radius 2 is 1.90 bits per heavy atom. The van der Waals surface area contributed by atoms with Gasteiger partial charge in [0.1, 0.15) is 0 Å². The molecule has 0 radical (unpaired) electrons. The number of carbonyl (C=O) groups is 1. The third kappa shape index (κ3) is 4.28. The largest absolute Gasteiger partial charge is 0.376 e. The van der Waals surface area contributed by atoms with Crippen LogP contribution in [-0.2, 0) is 11.3 Å². The van der Waals surface area contributed by atoms with Crippen molar-refractivity contribution in [2.45, 2.75) is 13.5 Å². The first kappa shape index (κ1) is 14.4. The Morgan fingerprint density at radius 3 is 2.60 bits per heavy atom. The van der Waals surface area contributed by atoms with E-state index >= 15 is 0 Å². The van der Waals surface area contributed by atoms with E-state index in [0.717, 1.165) is 16.8 Å². The number of aryl methyl sites for hydroxylation is 1. The van der Waals surface area contributed by atoms with Gasteiger partial charge in [-0.3, -0.25) is 4.79 Å². The first-order valence-electron chi connectivity index (χ1n) is 6.46. The summed E-state index contributed by atoms with van der Waals surface area (Å²) >= 11 is 5.89. The summed E-state index contributed by atoms with van der Waals surface area (Å²) in [5.41, 5.74) is 3.03. The van der Waals surface area contributed by atoms with Gasteiger partial charge < -0.3 is 10.6 Å². The molecule has 2 aromatic rings. The van der Waals surface area contributed by atoms with Crippen LogP contribution in [0.3, 0.4) is 0 Å². The number of amides is 1. The lowest BCUT2D eigenvalue weighted by molar-refractivity contribution is -0.119. The summed E-state index contributed by atoms with van der Waals surface area (Å²) in [4.78, 5) is 11.8. The highest BCUT2D eigenvalue weighted by Crippen LogP contribution is 2.19.